The van der Waals surface area contributed by atoms with Gasteiger partial charge in [0.1, 0.15) is 6.10 Å². The van der Waals surface area contributed by atoms with Gasteiger partial charge >= 0.3 is 11.9 Å². The van der Waals surface area contributed by atoms with E-state index in [9.17, 15) is 9.59 Å². The van der Waals surface area contributed by atoms with E-state index in [-0.39, 0.29) is 18.5 Å². The quantitative estimate of drug-likeness (QED) is 0.544. The number of rotatable bonds is 9. The first-order valence-corrected chi connectivity index (χ1v) is 10.2. The van der Waals surface area contributed by atoms with Crippen LogP contribution in [0.2, 0.25) is 0 Å². The van der Waals surface area contributed by atoms with Crippen LogP contribution in [0.25, 0.3) is 0 Å². The summed E-state index contributed by atoms with van der Waals surface area (Å²) in [5.74, 6) is 0.566. The van der Waals surface area contributed by atoms with Gasteiger partial charge in [-0.25, -0.2) is 0 Å². The van der Waals surface area contributed by atoms with Gasteiger partial charge in [-0.15, -0.1) is 0 Å². The average molecular weight is 444 g/mol. The van der Waals surface area contributed by atoms with E-state index in [1.807, 2.05) is 12.1 Å². The fraction of sp³-hybridized carbons (Fsp3) is 0.417. The summed E-state index contributed by atoms with van der Waals surface area (Å²) in [5, 5.41) is 0. The SMILES string of the molecule is COc1ccc(C[C@H]2C(=O)OC[C@@H]2C(OC(C)=O)c2ccc(OC)c(OC)c2)cc1OC. The van der Waals surface area contributed by atoms with Crippen LogP contribution < -0.4 is 18.9 Å². The molecule has 0 saturated carbocycles. The van der Waals surface area contributed by atoms with Gasteiger partial charge in [0.2, 0.25) is 0 Å². The molecule has 8 heteroatoms. The monoisotopic (exact) mass is 444 g/mol. The molecule has 1 saturated heterocycles. The van der Waals surface area contributed by atoms with Crippen molar-refractivity contribution in [2.24, 2.45) is 11.8 Å². The van der Waals surface area contributed by atoms with Gasteiger partial charge in [-0.3, -0.25) is 9.59 Å². The summed E-state index contributed by atoms with van der Waals surface area (Å²) < 4.78 is 32.4. The molecule has 1 unspecified atom stereocenters. The van der Waals surface area contributed by atoms with Crippen molar-refractivity contribution in [2.75, 3.05) is 35.0 Å². The predicted octanol–water partition coefficient (Wildman–Crippen LogP) is 3.36. The van der Waals surface area contributed by atoms with Crippen LogP contribution in [0.4, 0.5) is 0 Å². The number of cyclic esters (lactones) is 1. The highest BCUT2D eigenvalue weighted by atomic mass is 16.6. The smallest absolute Gasteiger partial charge is 0.309 e. The van der Waals surface area contributed by atoms with Gasteiger partial charge in [0.15, 0.2) is 23.0 Å². The maximum atomic E-state index is 12.6. The van der Waals surface area contributed by atoms with Gasteiger partial charge < -0.3 is 28.4 Å². The summed E-state index contributed by atoms with van der Waals surface area (Å²) in [6, 6.07) is 10.8. The van der Waals surface area contributed by atoms with Gasteiger partial charge in [0.05, 0.1) is 41.0 Å². The Balaban J connectivity index is 1.94. The molecule has 0 N–H and O–H groups in total. The lowest BCUT2D eigenvalue weighted by atomic mass is 9.82. The van der Waals surface area contributed by atoms with Gasteiger partial charge in [-0.05, 0) is 41.8 Å². The highest BCUT2D eigenvalue weighted by Crippen LogP contribution is 2.41. The molecule has 0 spiro atoms. The van der Waals surface area contributed by atoms with E-state index in [0.29, 0.717) is 35.0 Å². The first-order valence-electron chi connectivity index (χ1n) is 10.2. The third-order valence-electron chi connectivity index (χ3n) is 5.56. The molecule has 1 heterocycles. The molecule has 2 aromatic rings. The summed E-state index contributed by atoms with van der Waals surface area (Å²) in [6.45, 7) is 1.48. The zero-order valence-corrected chi connectivity index (χ0v) is 18.9. The highest BCUT2D eigenvalue weighted by molar-refractivity contribution is 5.75. The lowest BCUT2D eigenvalue weighted by Gasteiger charge is -2.26. The van der Waals surface area contributed by atoms with E-state index >= 15 is 0 Å². The number of hydrogen-bond acceptors (Lipinski definition) is 8. The summed E-state index contributed by atoms with van der Waals surface area (Å²) >= 11 is 0. The van der Waals surface area contributed by atoms with Crippen molar-refractivity contribution in [1.29, 1.82) is 0 Å². The molecule has 3 rings (SSSR count). The summed E-state index contributed by atoms with van der Waals surface area (Å²) in [5.41, 5.74) is 1.57. The Hall–Kier alpha value is -3.42. The fourth-order valence-electron chi connectivity index (χ4n) is 3.98. The van der Waals surface area contributed by atoms with Crippen molar-refractivity contribution in [2.45, 2.75) is 19.4 Å². The number of methoxy groups -OCH3 is 4. The molecular weight excluding hydrogens is 416 g/mol. The molecule has 0 radical (unpaired) electrons. The number of carbonyl (C=O) groups excluding carboxylic acids is 2. The largest absolute Gasteiger partial charge is 0.493 e. The second-order valence-corrected chi connectivity index (χ2v) is 7.44. The Morgan fingerprint density at radius 3 is 2.12 bits per heavy atom. The summed E-state index contributed by atoms with van der Waals surface area (Å²) in [6.07, 6.45) is -0.293. The molecule has 172 valence electrons. The number of hydrogen-bond donors (Lipinski definition) is 0. The summed E-state index contributed by atoms with van der Waals surface area (Å²) in [4.78, 5) is 24.6. The third-order valence-corrected chi connectivity index (χ3v) is 5.56. The van der Waals surface area contributed by atoms with Crippen molar-refractivity contribution in [3.63, 3.8) is 0 Å². The maximum Gasteiger partial charge on any atom is 0.309 e. The highest BCUT2D eigenvalue weighted by Gasteiger charge is 2.44. The minimum absolute atomic E-state index is 0.142. The Labute approximate surface area is 187 Å². The van der Waals surface area contributed by atoms with Crippen LogP contribution >= 0.6 is 0 Å². The van der Waals surface area contributed by atoms with Crippen LogP contribution in [0, 0.1) is 11.8 Å². The molecule has 1 aliphatic rings. The van der Waals surface area contributed by atoms with E-state index in [2.05, 4.69) is 0 Å². The van der Waals surface area contributed by atoms with E-state index in [4.69, 9.17) is 28.4 Å². The molecule has 0 bridgehead atoms. The van der Waals surface area contributed by atoms with Crippen molar-refractivity contribution < 1.29 is 38.0 Å². The predicted molar refractivity (Wildman–Crippen MR) is 115 cm³/mol. The van der Waals surface area contributed by atoms with Crippen LogP contribution in [0.5, 0.6) is 23.0 Å². The molecule has 32 heavy (non-hydrogen) atoms. The van der Waals surface area contributed by atoms with Crippen LogP contribution in [0.3, 0.4) is 0 Å². The van der Waals surface area contributed by atoms with Crippen molar-refractivity contribution in [3.8, 4) is 23.0 Å². The number of carbonyl (C=O) groups is 2. The lowest BCUT2D eigenvalue weighted by molar-refractivity contribution is -0.150. The molecule has 0 aliphatic carbocycles. The number of benzene rings is 2. The minimum Gasteiger partial charge on any atom is -0.493 e. The molecule has 2 aromatic carbocycles. The zero-order chi connectivity index (χ0) is 23.3. The zero-order valence-electron chi connectivity index (χ0n) is 18.9. The van der Waals surface area contributed by atoms with E-state index < -0.39 is 18.0 Å². The van der Waals surface area contributed by atoms with Gasteiger partial charge in [-0.1, -0.05) is 12.1 Å². The Kier molecular flexibility index (Phi) is 7.45. The number of ether oxygens (including phenoxy) is 6. The average Bonchev–Trinajstić information content (AvgIpc) is 3.16. The first kappa shape index (κ1) is 23.2. The molecule has 0 amide bonds. The van der Waals surface area contributed by atoms with Crippen LogP contribution in [-0.2, 0) is 25.5 Å². The Morgan fingerprint density at radius 1 is 0.938 bits per heavy atom. The van der Waals surface area contributed by atoms with E-state index in [1.54, 1.807) is 45.6 Å². The normalized spacial score (nSPS) is 18.5. The number of esters is 2. The van der Waals surface area contributed by atoms with E-state index in [0.717, 1.165) is 5.56 Å². The third kappa shape index (κ3) is 4.90. The fourth-order valence-corrected chi connectivity index (χ4v) is 3.98. The summed E-state index contributed by atoms with van der Waals surface area (Å²) in [7, 11) is 6.20. The van der Waals surface area contributed by atoms with Crippen LogP contribution in [0.15, 0.2) is 36.4 Å². The molecule has 1 aliphatic heterocycles. The molecular formula is C24H28O8. The van der Waals surface area contributed by atoms with Gasteiger partial charge in [0.25, 0.3) is 0 Å². The molecule has 3 atom stereocenters. The Morgan fingerprint density at radius 2 is 1.53 bits per heavy atom. The Bertz CT molecular complexity index is 970. The van der Waals surface area contributed by atoms with E-state index in [1.165, 1.54) is 14.0 Å². The van der Waals surface area contributed by atoms with Crippen LogP contribution in [0.1, 0.15) is 24.2 Å². The van der Waals surface area contributed by atoms with Crippen molar-refractivity contribution in [3.05, 3.63) is 47.5 Å². The minimum atomic E-state index is -0.691. The van der Waals surface area contributed by atoms with Gasteiger partial charge in [-0.2, -0.15) is 0 Å². The second kappa shape index (κ2) is 10.3. The topological polar surface area (TPSA) is 89.5 Å². The maximum absolute atomic E-state index is 12.6. The van der Waals surface area contributed by atoms with Crippen molar-refractivity contribution in [1.82, 2.24) is 0 Å². The van der Waals surface area contributed by atoms with Crippen LogP contribution in [-0.4, -0.2) is 47.0 Å². The first-order chi connectivity index (χ1) is 15.4. The van der Waals surface area contributed by atoms with Gasteiger partial charge in [0, 0.05) is 12.8 Å². The van der Waals surface area contributed by atoms with Crippen molar-refractivity contribution >= 4 is 11.9 Å². The molecule has 0 aromatic heterocycles. The second-order valence-electron chi connectivity index (χ2n) is 7.44. The standard InChI is InChI=1S/C24H28O8/c1-14(25)32-23(16-7-9-20(28-3)22(12-16)30-5)18-13-31-24(26)17(18)10-15-6-8-19(27-2)21(11-15)29-4/h6-9,11-12,17-18,23H,10,13H2,1-5H3/t17-,18+,23?/m1/s1. The lowest BCUT2D eigenvalue weighted by Crippen LogP contribution is -2.27. The molecule has 8 nitrogen and oxygen atoms in total. The molecule has 1 fully saturated rings.